The van der Waals surface area contributed by atoms with E-state index in [0.29, 0.717) is 89.0 Å². The number of ether oxygens (including phenoxy) is 6. The predicted molar refractivity (Wildman–Crippen MR) is 466 cm³/mol. The standard InChI is InChI=1S/C35H44N6O4.C30H42N6O4.C25H40N6O4/c1-6-44-29(42)23-40-24-36-30-31(39(5)21-25-13-9-7-10-14-25)37-33(38-32(30)40)41(34(43)45-35(2,3)4)22-26-17-19-28(20-18-26)27-15-11-8-12-16-27;1-6-17-31-26-25-27(35(20-32-25)19-24(37)39-7-2)34-28(33-26)36(29(38)40-30(3,4)5)18-21-13-15-23(16-14-21)22-11-9-8-10-12-22;1-6-8-12-15-31(24(33)35-25(3,4)5)23-28-21(27-18-13-10-9-11-14-18)20-22(29-23)30(17-26-20)16-19(32)34-7-2/h7,9-10,13-14,17-20,24,27H,6,8,11-12,15-16,21-23H2,1-5H3;13-16,20,22H,6-12,17-19H2,1-5H3,(H,31,33,34);17-18H,6-16H2,1-5H3,(H,27,28,29). The van der Waals surface area contributed by atoms with E-state index in [0.717, 1.165) is 68.1 Å². The summed E-state index contributed by atoms with van der Waals surface area (Å²) in [6, 6.07) is 27.3. The quantitative estimate of drug-likeness (QED) is 0.0240. The summed E-state index contributed by atoms with van der Waals surface area (Å²) >= 11 is 0. The molecule has 6 heterocycles. The molecule has 6 aromatic heterocycles. The summed E-state index contributed by atoms with van der Waals surface area (Å²) in [4.78, 5) is 126. The van der Waals surface area contributed by atoms with Gasteiger partial charge in [-0.1, -0.05) is 163 Å². The van der Waals surface area contributed by atoms with Crippen molar-refractivity contribution in [3.63, 3.8) is 0 Å². The number of hydrogen-bond donors (Lipinski definition) is 2. The van der Waals surface area contributed by atoms with Crippen LogP contribution in [0.25, 0.3) is 33.5 Å². The van der Waals surface area contributed by atoms with Gasteiger partial charge in [0.25, 0.3) is 0 Å². The zero-order valence-corrected chi connectivity index (χ0v) is 73.2. The molecule has 0 radical (unpaired) electrons. The van der Waals surface area contributed by atoms with Crippen LogP contribution < -0.4 is 30.2 Å². The predicted octanol–water partition coefficient (Wildman–Crippen LogP) is 18.3. The molecular formula is C90H126N18O12. The highest BCUT2D eigenvalue weighted by Crippen LogP contribution is 2.37. The maximum absolute atomic E-state index is 13.8. The van der Waals surface area contributed by atoms with Crippen molar-refractivity contribution < 1.29 is 57.2 Å². The van der Waals surface area contributed by atoms with Crippen molar-refractivity contribution in [3.8, 4) is 0 Å². The Bertz CT molecular complexity index is 4820. The molecule has 3 aromatic carbocycles. The first-order valence-corrected chi connectivity index (χ1v) is 43.1. The minimum atomic E-state index is -0.733. The SMILES string of the molecule is CCCCCN(C(=O)OC(C)(C)C)c1nc(NC2CCCCC2)c2ncn(CC(=O)OCC)c2n1.CCCNc1nc(N(Cc2ccc(C3CCCCC3)cc2)C(=O)OC(C)(C)C)nc2c1ncn2CC(=O)OCC.CCOC(=O)Cn1cnc2c(N(C)Cc3ccccc3)nc(N(Cc3ccc(C4CCCCC4)cc3)C(=O)OC(C)(C)C)nc21. The maximum atomic E-state index is 13.8. The van der Waals surface area contributed by atoms with Gasteiger partial charge in [-0.25, -0.2) is 44.0 Å². The van der Waals surface area contributed by atoms with Gasteiger partial charge >= 0.3 is 36.2 Å². The molecule has 0 unspecified atom stereocenters. The minimum Gasteiger partial charge on any atom is -0.465 e. The molecule has 3 fully saturated rings. The third kappa shape index (κ3) is 26.5. The fourth-order valence-corrected chi connectivity index (χ4v) is 14.8. The lowest BCUT2D eigenvalue weighted by Crippen LogP contribution is -2.38. The van der Waals surface area contributed by atoms with E-state index in [-0.39, 0.29) is 75.8 Å². The topological polar surface area (TPSA) is 326 Å². The molecule has 12 rings (SSSR count). The molecule has 3 aliphatic rings. The summed E-state index contributed by atoms with van der Waals surface area (Å²) in [6.45, 7) is 28.7. The molecule has 648 valence electrons. The Morgan fingerprint density at radius 2 is 0.808 bits per heavy atom. The molecule has 30 heteroatoms. The van der Waals surface area contributed by atoms with Gasteiger partial charge in [0, 0.05) is 32.7 Å². The van der Waals surface area contributed by atoms with Crippen molar-refractivity contribution in [1.29, 1.82) is 0 Å². The summed E-state index contributed by atoms with van der Waals surface area (Å²) in [7, 11) is 1.92. The van der Waals surface area contributed by atoms with Crippen molar-refractivity contribution in [2.75, 3.05) is 70.2 Å². The molecular weight excluding hydrogens is 1530 g/mol. The molecule has 9 aromatic rings. The number of esters is 3. The molecule has 3 aliphatic carbocycles. The van der Waals surface area contributed by atoms with Crippen LogP contribution in [-0.2, 0) is 82.1 Å². The third-order valence-corrected chi connectivity index (χ3v) is 20.6. The lowest BCUT2D eigenvalue weighted by Gasteiger charge is -2.27. The summed E-state index contributed by atoms with van der Waals surface area (Å²) in [5.41, 5.74) is 6.48. The van der Waals surface area contributed by atoms with Gasteiger partial charge in [0.15, 0.2) is 50.9 Å². The van der Waals surface area contributed by atoms with Gasteiger partial charge in [-0.15, -0.1) is 0 Å². The van der Waals surface area contributed by atoms with Crippen molar-refractivity contribution >= 4 is 105 Å². The molecule has 3 saturated carbocycles. The van der Waals surface area contributed by atoms with Crippen LogP contribution in [0, 0.1) is 0 Å². The molecule has 0 saturated heterocycles. The van der Waals surface area contributed by atoms with Crippen LogP contribution in [0.4, 0.5) is 49.7 Å². The zero-order chi connectivity index (χ0) is 86.1. The highest BCUT2D eigenvalue weighted by Gasteiger charge is 2.34. The second kappa shape index (κ2) is 43.2. The molecule has 0 atom stereocenters. The number of benzene rings is 3. The van der Waals surface area contributed by atoms with E-state index >= 15 is 0 Å². The van der Waals surface area contributed by atoms with Crippen LogP contribution in [0.5, 0.6) is 0 Å². The van der Waals surface area contributed by atoms with Gasteiger partial charge in [0.1, 0.15) is 36.4 Å². The van der Waals surface area contributed by atoms with Gasteiger partial charge in [0.05, 0.1) is 51.9 Å². The summed E-state index contributed by atoms with van der Waals surface area (Å²) < 4.78 is 37.7. The molecule has 0 aliphatic heterocycles. The van der Waals surface area contributed by atoms with Crippen LogP contribution in [-0.4, -0.2) is 158 Å². The van der Waals surface area contributed by atoms with E-state index in [2.05, 4.69) is 88.0 Å². The van der Waals surface area contributed by atoms with Crippen LogP contribution in [0.15, 0.2) is 97.8 Å². The van der Waals surface area contributed by atoms with Gasteiger partial charge < -0.3 is 57.7 Å². The number of hydrogen-bond acceptors (Lipinski definition) is 24. The molecule has 3 amide bonds. The Hall–Kier alpha value is -11.1. The van der Waals surface area contributed by atoms with Gasteiger partial charge in [-0.3, -0.25) is 14.4 Å². The number of aromatic nitrogens is 12. The number of nitrogens with zero attached hydrogens (tertiary/aromatic N) is 16. The summed E-state index contributed by atoms with van der Waals surface area (Å²) in [5, 5.41) is 6.84. The number of rotatable bonds is 30. The van der Waals surface area contributed by atoms with Crippen molar-refractivity contribution in [3.05, 3.63) is 126 Å². The first kappa shape index (κ1) is 91.2. The van der Waals surface area contributed by atoms with Crippen molar-refractivity contribution in [2.24, 2.45) is 0 Å². The summed E-state index contributed by atoms with van der Waals surface area (Å²) in [6.07, 6.45) is 25.0. The fraction of sp³-hybridized carbons (Fsp3) is 0.567. The Morgan fingerprint density at radius 3 is 1.23 bits per heavy atom. The number of nitrogens with one attached hydrogen (secondary N) is 2. The largest absolute Gasteiger partial charge is 0.465 e. The minimum absolute atomic E-state index is 0.0219. The number of fused-ring (bicyclic) bond motifs is 3. The number of anilines is 6. The van der Waals surface area contributed by atoms with E-state index < -0.39 is 47.0 Å². The van der Waals surface area contributed by atoms with Crippen LogP contribution in [0.3, 0.4) is 0 Å². The Labute approximate surface area is 706 Å². The van der Waals surface area contributed by atoms with E-state index in [9.17, 15) is 28.8 Å². The maximum Gasteiger partial charge on any atom is 0.417 e. The second-order valence-corrected chi connectivity index (χ2v) is 34.0. The number of carbonyl (C=O) groups is 6. The fourth-order valence-electron chi connectivity index (χ4n) is 14.8. The number of carbonyl (C=O) groups excluding carboxylic acids is 6. The second-order valence-electron chi connectivity index (χ2n) is 34.0. The Balaban J connectivity index is 0.000000191. The first-order valence-electron chi connectivity index (χ1n) is 43.1. The molecule has 0 bridgehead atoms. The summed E-state index contributed by atoms with van der Waals surface area (Å²) in [5.74, 6) is 2.18. The van der Waals surface area contributed by atoms with Gasteiger partial charge in [-0.2, -0.15) is 29.9 Å². The average Bonchev–Trinajstić information content (AvgIpc) is 1.59. The molecule has 120 heavy (non-hydrogen) atoms. The van der Waals surface area contributed by atoms with E-state index in [1.165, 1.54) is 96.5 Å². The van der Waals surface area contributed by atoms with E-state index in [4.69, 9.17) is 58.3 Å². The lowest BCUT2D eigenvalue weighted by atomic mass is 9.84. The van der Waals surface area contributed by atoms with Crippen LogP contribution in [0.1, 0.15) is 259 Å². The van der Waals surface area contributed by atoms with Crippen molar-refractivity contribution in [2.45, 2.75) is 293 Å². The van der Waals surface area contributed by atoms with E-state index in [1.807, 2.05) is 105 Å². The average molecular weight is 1650 g/mol. The van der Waals surface area contributed by atoms with Gasteiger partial charge in [-0.05, 0) is 174 Å². The molecule has 2 N–H and O–H groups in total. The van der Waals surface area contributed by atoms with Gasteiger partial charge in [0.2, 0.25) is 17.8 Å². The lowest BCUT2D eigenvalue weighted by molar-refractivity contribution is -0.144. The van der Waals surface area contributed by atoms with Crippen LogP contribution in [0.2, 0.25) is 0 Å². The van der Waals surface area contributed by atoms with Crippen LogP contribution >= 0.6 is 0 Å². The highest BCUT2D eigenvalue weighted by molar-refractivity contribution is 5.93. The number of amides is 3. The smallest absolute Gasteiger partial charge is 0.417 e. The third-order valence-electron chi connectivity index (χ3n) is 20.6. The highest BCUT2D eigenvalue weighted by atomic mass is 16.6. The number of imidazole rings is 3. The Morgan fingerprint density at radius 1 is 0.425 bits per heavy atom. The monoisotopic (exact) mass is 1650 g/mol. The Kier molecular flexibility index (Phi) is 32.9. The molecule has 30 nitrogen and oxygen atoms in total. The normalized spacial score (nSPS) is 14.2. The zero-order valence-electron chi connectivity index (χ0n) is 73.2. The molecule has 0 spiro atoms. The number of unbranched alkanes of at least 4 members (excludes halogenated alkanes) is 2. The first-order chi connectivity index (χ1) is 57.5. The van der Waals surface area contributed by atoms with Crippen molar-refractivity contribution in [1.82, 2.24) is 58.6 Å². The van der Waals surface area contributed by atoms with E-state index in [1.54, 1.807) is 53.5 Å².